The largest absolute Gasteiger partial charge is 0.378 e. The molecule has 140 valence electrons. The average molecular weight is 386 g/mol. The molecule has 3 aromatic rings. The first-order valence-electron chi connectivity index (χ1n) is 9.22. The van der Waals surface area contributed by atoms with Gasteiger partial charge >= 0.3 is 0 Å². The zero-order chi connectivity index (χ0) is 18.2. The maximum absolute atomic E-state index is 6.78. The number of pyridine rings is 1. The molecule has 8 heteroatoms. The van der Waals surface area contributed by atoms with Gasteiger partial charge in [-0.1, -0.05) is 29.8 Å². The summed E-state index contributed by atoms with van der Waals surface area (Å²) < 4.78 is 11.0. The predicted molar refractivity (Wildman–Crippen MR) is 106 cm³/mol. The molecule has 0 unspecified atom stereocenters. The molecule has 4 heterocycles. The van der Waals surface area contributed by atoms with Crippen LogP contribution in [0, 0.1) is 0 Å². The third-order valence-corrected chi connectivity index (χ3v) is 5.42. The van der Waals surface area contributed by atoms with Crippen molar-refractivity contribution < 1.29 is 9.47 Å². The van der Waals surface area contributed by atoms with Crippen molar-refractivity contribution in [1.82, 2.24) is 15.0 Å². The van der Waals surface area contributed by atoms with Crippen LogP contribution >= 0.6 is 11.6 Å². The van der Waals surface area contributed by atoms with E-state index in [1.807, 2.05) is 24.3 Å². The van der Waals surface area contributed by atoms with Crippen molar-refractivity contribution in [3.8, 4) is 0 Å². The molecule has 0 spiro atoms. The van der Waals surface area contributed by atoms with Crippen LogP contribution in [0.4, 0.5) is 11.8 Å². The van der Waals surface area contributed by atoms with Crippen LogP contribution in [-0.2, 0) is 9.47 Å². The molecule has 0 aliphatic carbocycles. The first-order chi connectivity index (χ1) is 13.3. The summed E-state index contributed by atoms with van der Waals surface area (Å²) in [6.45, 7) is 5.82. The van der Waals surface area contributed by atoms with E-state index in [2.05, 4.69) is 9.80 Å². The maximum Gasteiger partial charge on any atom is 0.228 e. The molecule has 0 saturated carbocycles. The highest BCUT2D eigenvalue weighted by atomic mass is 35.5. The van der Waals surface area contributed by atoms with Crippen molar-refractivity contribution >= 4 is 45.3 Å². The summed E-state index contributed by atoms with van der Waals surface area (Å²) in [6, 6.07) is 7.89. The third-order valence-electron chi connectivity index (χ3n) is 5.04. The van der Waals surface area contributed by atoms with Gasteiger partial charge in [-0.3, -0.25) is 0 Å². The number of ether oxygens (including phenoxy) is 2. The predicted octanol–water partition coefficient (Wildman–Crippen LogP) is 2.50. The highest BCUT2D eigenvalue weighted by molar-refractivity contribution is 6.40. The number of rotatable bonds is 2. The first-order valence-corrected chi connectivity index (χ1v) is 9.60. The van der Waals surface area contributed by atoms with Gasteiger partial charge < -0.3 is 19.3 Å². The van der Waals surface area contributed by atoms with E-state index in [1.165, 1.54) is 0 Å². The number of para-hydroxylation sites is 1. The lowest BCUT2D eigenvalue weighted by molar-refractivity contribution is 0.121. The van der Waals surface area contributed by atoms with Gasteiger partial charge in [-0.05, 0) is 6.07 Å². The maximum atomic E-state index is 6.78. The molecular formula is C19H20ClN5O2. The Balaban J connectivity index is 1.74. The summed E-state index contributed by atoms with van der Waals surface area (Å²) in [7, 11) is 0. The van der Waals surface area contributed by atoms with Crippen molar-refractivity contribution in [3.05, 3.63) is 29.3 Å². The summed E-state index contributed by atoms with van der Waals surface area (Å²) in [5.41, 5.74) is 2.30. The molecule has 0 atom stereocenters. The molecule has 0 bridgehead atoms. The Bertz CT molecular complexity index is 987. The number of aromatic nitrogens is 3. The number of hydrogen-bond acceptors (Lipinski definition) is 7. The van der Waals surface area contributed by atoms with Crippen LogP contribution in [0.2, 0.25) is 5.02 Å². The number of nitrogens with zero attached hydrogens (tertiary/aromatic N) is 5. The van der Waals surface area contributed by atoms with E-state index < -0.39 is 0 Å². The number of anilines is 2. The van der Waals surface area contributed by atoms with E-state index in [-0.39, 0.29) is 0 Å². The zero-order valence-corrected chi connectivity index (χ0v) is 15.7. The van der Waals surface area contributed by atoms with E-state index in [1.54, 1.807) is 0 Å². The fraction of sp³-hybridized carbons (Fsp3) is 0.421. The third kappa shape index (κ3) is 3.05. The topological polar surface area (TPSA) is 63.6 Å². The van der Waals surface area contributed by atoms with Crippen LogP contribution in [0.5, 0.6) is 0 Å². The molecule has 2 aliphatic rings. The van der Waals surface area contributed by atoms with Gasteiger partial charge in [0.15, 0.2) is 5.82 Å². The normalized spacial score (nSPS) is 18.4. The molecule has 0 amide bonds. The van der Waals surface area contributed by atoms with Crippen molar-refractivity contribution in [2.24, 2.45) is 0 Å². The average Bonchev–Trinajstić information content (AvgIpc) is 2.75. The molecule has 2 aromatic heterocycles. The Morgan fingerprint density at radius 2 is 1.44 bits per heavy atom. The fourth-order valence-corrected chi connectivity index (χ4v) is 3.88. The molecule has 2 aliphatic heterocycles. The molecule has 0 radical (unpaired) electrons. The first kappa shape index (κ1) is 16.9. The van der Waals surface area contributed by atoms with Gasteiger partial charge in [0.2, 0.25) is 5.95 Å². The van der Waals surface area contributed by atoms with Crippen LogP contribution in [0.15, 0.2) is 24.3 Å². The lowest BCUT2D eigenvalue weighted by Crippen LogP contribution is -2.39. The molecule has 5 rings (SSSR count). The smallest absolute Gasteiger partial charge is 0.228 e. The zero-order valence-electron chi connectivity index (χ0n) is 14.9. The van der Waals surface area contributed by atoms with Crippen LogP contribution in [0.25, 0.3) is 21.9 Å². The minimum absolute atomic E-state index is 0.627. The van der Waals surface area contributed by atoms with E-state index in [9.17, 15) is 0 Å². The monoisotopic (exact) mass is 385 g/mol. The summed E-state index contributed by atoms with van der Waals surface area (Å²) in [5, 5.41) is 1.54. The summed E-state index contributed by atoms with van der Waals surface area (Å²) in [6.07, 6.45) is 0. The minimum atomic E-state index is 0.627. The highest BCUT2D eigenvalue weighted by Crippen LogP contribution is 2.34. The van der Waals surface area contributed by atoms with E-state index in [0.29, 0.717) is 42.9 Å². The molecule has 1 aromatic carbocycles. The lowest BCUT2D eigenvalue weighted by Gasteiger charge is -2.31. The highest BCUT2D eigenvalue weighted by Gasteiger charge is 2.23. The Labute approximate surface area is 161 Å². The number of morpholine rings is 2. The van der Waals surface area contributed by atoms with Gasteiger partial charge in [0.05, 0.1) is 37.0 Å². The molecule has 7 nitrogen and oxygen atoms in total. The summed E-state index contributed by atoms with van der Waals surface area (Å²) in [4.78, 5) is 18.9. The van der Waals surface area contributed by atoms with Crippen LogP contribution in [0.1, 0.15) is 0 Å². The van der Waals surface area contributed by atoms with Crippen LogP contribution in [-0.4, -0.2) is 67.6 Å². The van der Waals surface area contributed by atoms with Gasteiger partial charge in [-0.2, -0.15) is 4.98 Å². The Hall–Kier alpha value is -2.22. The van der Waals surface area contributed by atoms with Crippen LogP contribution < -0.4 is 9.80 Å². The van der Waals surface area contributed by atoms with E-state index in [4.69, 9.17) is 36.0 Å². The van der Waals surface area contributed by atoms with E-state index in [0.717, 1.165) is 48.4 Å². The van der Waals surface area contributed by atoms with Gasteiger partial charge in [-0.25, -0.2) is 9.97 Å². The fourth-order valence-electron chi connectivity index (χ4n) is 3.59. The second kappa shape index (κ2) is 7.07. The molecule has 27 heavy (non-hydrogen) atoms. The lowest BCUT2D eigenvalue weighted by atomic mass is 10.2. The van der Waals surface area contributed by atoms with Gasteiger partial charge in [-0.15, -0.1) is 0 Å². The van der Waals surface area contributed by atoms with Crippen molar-refractivity contribution in [2.45, 2.75) is 0 Å². The molecule has 2 fully saturated rings. The second-order valence-corrected chi connectivity index (χ2v) is 7.06. The molecule has 2 saturated heterocycles. The molecular weight excluding hydrogens is 366 g/mol. The summed E-state index contributed by atoms with van der Waals surface area (Å²) >= 11 is 6.78. The quantitative estimate of drug-likeness (QED) is 0.628. The SMILES string of the molecule is Clc1c2ccccc2nc2c(N3CCOCC3)nc(N3CCOCC3)nc12. The number of halogens is 1. The van der Waals surface area contributed by atoms with Gasteiger partial charge in [0.25, 0.3) is 0 Å². The van der Waals surface area contributed by atoms with Crippen molar-refractivity contribution in [2.75, 3.05) is 62.4 Å². The molecule has 0 N–H and O–H groups in total. The minimum Gasteiger partial charge on any atom is -0.378 e. The number of benzene rings is 1. The summed E-state index contributed by atoms with van der Waals surface area (Å²) in [5.74, 6) is 1.52. The number of fused-ring (bicyclic) bond motifs is 2. The van der Waals surface area contributed by atoms with Gasteiger partial charge in [0, 0.05) is 31.6 Å². The standard InChI is InChI=1S/C19H20ClN5O2/c20-15-13-3-1-2-4-14(13)21-17-16(15)22-19(25-7-11-27-12-8-25)23-18(17)24-5-9-26-10-6-24/h1-4H,5-12H2. The Morgan fingerprint density at radius 1 is 0.778 bits per heavy atom. The second-order valence-electron chi connectivity index (χ2n) is 6.69. The van der Waals surface area contributed by atoms with Crippen molar-refractivity contribution in [1.29, 1.82) is 0 Å². The van der Waals surface area contributed by atoms with E-state index >= 15 is 0 Å². The Kier molecular flexibility index (Phi) is 4.43. The van der Waals surface area contributed by atoms with Crippen LogP contribution in [0.3, 0.4) is 0 Å². The van der Waals surface area contributed by atoms with Crippen molar-refractivity contribution in [3.63, 3.8) is 0 Å². The number of hydrogen-bond donors (Lipinski definition) is 0. The Morgan fingerprint density at radius 3 is 2.19 bits per heavy atom. The van der Waals surface area contributed by atoms with Gasteiger partial charge in [0.1, 0.15) is 11.0 Å².